The lowest BCUT2D eigenvalue weighted by Crippen LogP contribution is -2.02. The van der Waals surface area contributed by atoms with E-state index in [1.807, 2.05) is 30.5 Å². The van der Waals surface area contributed by atoms with E-state index in [-0.39, 0.29) is 6.61 Å². The molecule has 6 nitrogen and oxygen atoms in total. The van der Waals surface area contributed by atoms with E-state index >= 15 is 0 Å². The summed E-state index contributed by atoms with van der Waals surface area (Å²) in [7, 11) is 0. The smallest absolute Gasteiger partial charge is 0.182 e. The molecule has 0 fully saturated rings. The molecule has 0 spiro atoms. The molecule has 1 aromatic carbocycles. The zero-order valence-corrected chi connectivity index (χ0v) is 8.33. The summed E-state index contributed by atoms with van der Waals surface area (Å²) >= 11 is 0. The fraction of sp³-hybridized carbons (Fsp3) is 0.100. The van der Waals surface area contributed by atoms with Gasteiger partial charge in [0.05, 0.1) is 5.69 Å². The Morgan fingerprint density at radius 2 is 2.19 bits per heavy atom. The van der Waals surface area contributed by atoms with Gasteiger partial charge in [-0.3, -0.25) is 0 Å². The van der Waals surface area contributed by atoms with E-state index in [1.165, 1.54) is 4.68 Å². The molecule has 0 amide bonds. The maximum absolute atomic E-state index is 9.10. The summed E-state index contributed by atoms with van der Waals surface area (Å²) in [5.41, 5.74) is 1.85. The Morgan fingerprint density at radius 3 is 3.06 bits per heavy atom. The van der Waals surface area contributed by atoms with Gasteiger partial charge in [0.2, 0.25) is 0 Å². The number of benzene rings is 1. The van der Waals surface area contributed by atoms with Crippen LogP contribution in [-0.4, -0.2) is 30.3 Å². The van der Waals surface area contributed by atoms with Crippen molar-refractivity contribution in [3.05, 3.63) is 36.3 Å². The standard InChI is InChI=1S/C10H9N5O/c16-6-10-12-13-14-15(10)9-5-11-8-4-2-1-3-7(8)9/h1-5,11,16H,6H2. The number of fused-ring (bicyclic) bond motifs is 1. The Balaban J connectivity index is 2.26. The monoisotopic (exact) mass is 215 g/mol. The predicted molar refractivity (Wildman–Crippen MR) is 56.9 cm³/mol. The highest BCUT2D eigenvalue weighted by Gasteiger charge is 2.10. The van der Waals surface area contributed by atoms with Crippen LogP contribution in [-0.2, 0) is 6.61 Å². The van der Waals surface area contributed by atoms with Crippen molar-refractivity contribution < 1.29 is 5.11 Å². The lowest BCUT2D eigenvalue weighted by Gasteiger charge is -1.99. The number of para-hydroxylation sites is 1. The largest absolute Gasteiger partial charge is 0.388 e. The molecule has 2 N–H and O–H groups in total. The molecule has 2 heterocycles. The minimum absolute atomic E-state index is 0.188. The van der Waals surface area contributed by atoms with Crippen LogP contribution in [0.25, 0.3) is 16.6 Å². The first-order valence-corrected chi connectivity index (χ1v) is 4.85. The van der Waals surface area contributed by atoms with Gasteiger partial charge >= 0.3 is 0 Å². The number of aromatic amines is 1. The van der Waals surface area contributed by atoms with Crippen molar-refractivity contribution in [3.8, 4) is 5.69 Å². The first-order valence-electron chi connectivity index (χ1n) is 4.85. The molecule has 0 aliphatic carbocycles. The molecule has 3 aromatic rings. The normalized spacial score (nSPS) is 11.1. The highest BCUT2D eigenvalue weighted by Crippen LogP contribution is 2.21. The molecule has 0 aliphatic heterocycles. The van der Waals surface area contributed by atoms with Crippen LogP contribution in [0.4, 0.5) is 0 Å². The molecule has 0 radical (unpaired) electrons. The number of aromatic nitrogens is 5. The first-order chi connectivity index (χ1) is 7.90. The second-order valence-electron chi connectivity index (χ2n) is 3.38. The van der Waals surface area contributed by atoms with Crippen LogP contribution >= 0.6 is 0 Å². The topological polar surface area (TPSA) is 79.6 Å². The molecule has 16 heavy (non-hydrogen) atoms. The van der Waals surface area contributed by atoms with E-state index in [4.69, 9.17) is 5.11 Å². The van der Waals surface area contributed by atoms with E-state index in [1.54, 1.807) is 0 Å². The third-order valence-corrected chi connectivity index (χ3v) is 2.47. The van der Waals surface area contributed by atoms with Crippen LogP contribution < -0.4 is 0 Å². The zero-order valence-electron chi connectivity index (χ0n) is 8.33. The molecule has 0 atom stereocenters. The van der Waals surface area contributed by atoms with Gasteiger partial charge in [-0.1, -0.05) is 18.2 Å². The average molecular weight is 215 g/mol. The number of H-pyrrole nitrogens is 1. The van der Waals surface area contributed by atoms with Gasteiger partial charge in [0.25, 0.3) is 0 Å². The molecule has 0 unspecified atom stereocenters. The molecule has 0 saturated carbocycles. The van der Waals surface area contributed by atoms with Crippen LogP contribution in [0.15, 0.2) is 30.5 Å². The van der Waals surface area contributed by atoms with E-state index in [9.17, 15) is 0 Å². The minimum Gasteiger partial charge on any atom is -0.388 e. The van der Waals surface area contributed by atoms with Crippen LogP contribution in [0.1, 0.15) is 5.82 Å². The number of hydrogen-bond acceptors (Lipinski definition) is 4. The van der Waals surface area contributed by atoms with E-state index < -0.39 is 0 Å². The predicted octanol–water partition coefficient (Wildman–Crippen LogP) is 0.636. The number of aliphatic hydroxyl groups excluding tert-OH is 1. The number of rotatable bonds is 2. The molecule has 6 heteroatoms. The Hall–Kier alpha value is -2.21. The molecule has 3 rings (SSSR count). The third-order valence-electron chi connectivity index (χ3n) is 2.47. The fourth-order valence-electron chi connectivity index (χ4n) is 1.72. The van der Waals surface area contributed by atoms with Crippen molar-refractivity contribution in [1.29, 1.82) is 0 Å². The van der Waals surface area contributed by atoms with E-state index in [0.29, 0.717) is 5.82 Å². The highest BCUT2D eigenvalue weighted by atomic mass is 16.3. The SMILES string of the molecule is OCc1nnnn1-c1c[nH]c2ccccc12. The Kier molecular flexibility index (Phi) is 1.94. The lowest BCUT2D eigenvalue weighted by molar-refractivity contribution is 0.268. The van der Waals surface area contributed by atoms with E-state index in [2.05, 4.69) is 20.5 Å². The van der Waals surface area contributed by atoms with Crippen molar-refractivity contribution in [2.24, 2.45) is 0 Å². The second-order valence-corrected chi connectivity index (χ2v) is 3.38. The highest BCUT2D eigenvalue weighted by molar-refractivity contribution is 5.87. The summed E-state index contributed by atoms with van der Waals surface area (Å²) in [5.74, 6) is 0.421. The van der Waals surface area contributed by atoms with Crippen LogP contribution in [0, 0.1) is 0 Å². The third kappa shape index (κ3) is 1.20. The van der Waals surface area contributed by atoms with Gasteiger partial charge in [0, 0.05) is 17.1 Å². The molecule has 80 valence electrons. The van der Waals surface area contributed by atoms with Crippen molar-refractivity contribution in [1.82, 2.24) is 25.2 Å². The fourth-order valence-corrected chi connectivity index (χ4v) is 1.72. The van der Waals surface area contributed by atoms with Crippen molar-refractivity contribution in [2.45, 2.75) is 6.61 Å². The van der Waals surface area contributed by atoms with Gasteiger partial charge in [-0.05, 0) is 16.5 Å². The van der Waals surface area contributed by atoms with Crippen molar-refractivity contribution in [3.63, 3.8) is 0 Å². The number of aliphatic hydroxyl groups is 1. The summed E-state index contributed by atoms with van der Waals surface area (Å²) in [6, 6.07) is 7.85. The number of hydrogen-bond donors (Lipinski definition) is 2. The van der Waals surface area contributed by atoms with Crippen LogP contribution in [0.2, 0.25) is 0 Å². The Bertz CT molecular complexity index is 627. The second kappa shape index (κ2) is 3.42. The molecule has 0 bridgehead atoms. The summed E-state index contributed by atoms with van der Waals surface area (Å²) < 4.78 is 1.53. The van der Waals surface area contributed by atoms with Crippen LogP contribution in [0.3, 0.4) is 0 Å². The summed E-state index contributed by atoms with van der Waals surface area (Å²) in [4.78, 5) is 3.13. The van der Waals surface area contributed by atoms with E-state index in [0.717, 1.165) is 16.6 Å². The molecular formula is C10H9N5O. The average Bonchev–Trinajstić information content (AvgIpc) is 2.94. The quantitative estimate of drug-likeness (QED) is 0.657. The number of nitrogens with zero attached hydrogens (tertiary/aromatic N) is 4. The molecule has 2 aromatic heterocycles. The van der Waals surface area contributed by atoms with Gasteiger partial charge in [-0.2, -0.15) is 4.68 Å². The molecular weight excluding hydrogens is 206 g/mol. The number of nitrogens with one attached hydrogen (secondary N) is 1. The summed E-state index contributed by atoms with van der Waals surface area (Å²) in [6.07, 6.45) is 1.82. The maximum Gasteiger partial charge on any atom is 0.182 e. The summed E-state index contributed by atoms with van der Waals surface area (Å²) in [5, 5.41) is 21.3. The first kappa shape index (κ1) is 9.05. The Morgan fingerprint density at radius 1 is 1.31 bits per heavy atom. The van der Waals surface area contributed by atoms with Gasteiger partial charge in [-0.15, -0.1) is 5.10 Å². The van der Waals surface area contributed by atoms with Crippen LogP contribution in [0.5, 0.6) is 0 Å². The van der Waals surface area contributed by atoms with Crippen molar-refractivity contribution >= 4 is 10.9 Å². The maximum atomic E-state index is 9.10. The zero-order chi connectivity index (χ0) is 11.0. The summed E-state index contributed by atoms with van der Waals surface area (Å²) in [6.45, 7) is -0.188. The van der Waals surface area contributed by atoms with Gasteiger partial charge in [-0.25, -0.2) is 0 Å². The molecule has 0 saturated heterocycles. The Labute approximate surface area is 90.5 Å². The van der Waals surface area contributed by atoms with Crippen molar-refractivity contribution in [2.75, 3.05) is 0 Å². The minimum atomic E-state index is -0.188. The molecule has 0 aliphatic rings. The van der Waals surface area contributed by atoms with Gasteiger partial charge in [0.15, 0.2) is 5.82 Å². The van der Waals surface area contributed by atoms with Gasteiger partial charge in [0.1, 0.15) is 6.61 Å². The lowest BCUT2D eigenvalue weighted by atomic mass is 10.2. The number of tetrazole rings is 1. The van der Waals surface area contributed by atoms with Gasteiger partial charge < -0.3 is 10.1 Å².